The van der Waals surface area contributed by atoms with Crippen LogP contribution in [0.1, 0.15) is 12.8 Å². The Morgan fingerprint density at radius 3 is 2.83 bits per heavy atom. The maximum atomic E-state index is 5.51. The molecule has 0 amide bonds. The summed E-state index contributed by atoms with van der Waals surface area (Å²) in [6.45, 7) is 3.10. The molecule has 1 rings (SSSR count). The average molecular weight is 172 g/mol. The molecule has 3 heteroatoms. The summed E-state index contributed by atoms with van der Waals surface area (Å²) in [5, 5.41) is 0. The third-order valence-electron chi connectivity index (χ3n) is 2.71. The fourth-order valence-electron chi connectivity index (χ4n) is 1.98. The third kappa shape index (κ3) is 2.44. The highest BCUT2D eigenvalue weighted by atomic mass is 16.5. The van der Waals surface area contributed by atoms with Gasteiger partial charge in [0.05, 0.1) is 6.10 Å². The summed E-state index contributed by atoms with van der Waals surface area (Å²) in [5.74, 6) is 0.698. The van der Waals surface area contributed by atoms with E-state index in [-0.39, 0.29) is 0 Å². The molecule has 1 aliphatic heterocycles. The van der Waals surface area contributed by atoms with E-state index in [1.54, 1.807) is 7.11 Å². The van der Waals surface area contributed by atoms with Crippen LogP contribution in [0.3, 0.4) is 0 Å². The van der Waals surface area contributed by atoms with E-state index in [9.17, 15) is 0 Å². The molecule has 12 heavy (non-hydrogen) atoms. The first-order valence-corrected chi connectivity index (χ1v) is 4.69. The normalized spacial score (nSPS) is 27.8. The summed E-state index contributed by atoms with van der Waals surface area (Å²) in [5.41, 5.74) is 5.51. The van der Waals surface area contributed by atoms with Crippen molar-refractivity contribution in [3.05, 3.63) is 0 Å². The summed E-state index contributed by atoms with van der Waals surface area (Å²) >= 11 is 0. The molecule has 1 aliphatic rings. The van der Waals surface area contributed by atoms with Gasteiger partial charge in [-0.15, -0.1) is 0 Å². The largest absolute Gasteiger partial charge is 0.381 e. The van der Waals surface area contributed by atoms with Gasteiger partial charge in [-0.05, 0) is 38.9 Å². The molecule has 0 aromatic heterocycles. The molecular weight excluding hydrogens is 152 g/mol. The summed E-state index contributed by atoms with van der Waals surface area (Å²) in [6.07, 6.45) is 2.63. The molecule has 1 saturated heterocycles. The Balaban J connectivity index is 2.33. The number of ether oxygens (including phenoxy) is 1. The third-order valence-corrected chi connectivity index (χ3v) is 2.71. The van der Waals surface area contributed by atoms with Crippen molar-refractivity contribution in [1.82, 2.24) is 4.90 Å². The van der Waals surface area contributed by atoms with Gasteiger partial charge in [0.25, 0.3) is 0 Å². The molecule has 2 N–H and O–H groups in total. The van der Waals surface area contributed by atoms with Gasteiger partial charge in [-0.25, -0.2) is 0 Å². The highest BCUT2D eigenvalue weighted by Gasteiger charge is 2.26. The molecule has 0 aromatic rings. The molecule has 0 spiro atoms. The zero-order chi connectivity index (χ0) is 8.97. The van der Waals surface area contributed by atoms with Crippen molar-refractivity contribution in [2.75, 3.05) is 33.8 Å². The molecule has 1 heterocycles. The number of methoxy groups -OCH3 is 1. The molecule has 0 saturated carbocycles. The van der Waals surface area contributed by atoms with Crippen LogP contribution in [0, 0.1) is 5.92 Å². The smallest absolute Gasteiger partial charge is 0.0624 e. The molecule has 1 fully saturated rings. The molecule has 0 aliphatic carbocycles. The lowest BCUT2D eigenvalue weighted by Gasteiger charge is -2.21. The van der Waals surface area contributed by atoms with Crippen molar-refractivity contribution >= 4 is 0 Å². The van der Waals surface area contributed by atoms with Gasteiger partial charge in [-0.3, -0.25) is 0 Å². The van der Waals surface area contributed by atoms with Crippen molar-refractivity contribution in [2.45, 2.75) is 18.9 Å². The quantitative estimate of drug-likeness (QED) is 0.663. The van der Waals surface area contributed by atoms with Crippen LogP contribution in [0.4, 0.5) is 0 Å². The van der Waals surface area contributed by atoms with Gasteiger partial charge in [0.15, 0.2) is 0 Å². The van der Waals surface area contributed by atoms with Crippen LogP contribution in [0.5, 0.6) is 0 Å². The minimum absolute atomic E-state index is 0.375. The van der Waals surface area contributed by atoms with Crippen LogP contribution in [0.2, 0.25) is 0 Å². The number of hydrogen-bond donors (Lipinski definition) is 1. The van der Waals surface area contributed by atoms with Crippen LogP contribution in [0.25, 0.3) is 0 Å². The number of likely N-dealkylation sites (tertiary alicyclic amines) is 1. The maximum absolute atomic E-state index is 5.51. The molecule has 3 nitrogen and oxygen atoms in total. The number of hydrogen-bond acceptors (Lipinski definition) is 3. The van der Waals surface area contributed by atoms with E-state index in [1.165, 1.54) is 19.5 Å². The second-order valence-electron chi connectivity index (χ2n) is 3.66. The first-order valence-electron chi connectivity index (χ1n) is 4.69. The first-order chi connectivity index (χ1) is 5.77. The van der Waals surface area contributed by atoms with Crippen molar-refractivity contribution < 1.29 is 4.74 Å². The number of rotatable bonds is 4. The monoisotopic (exact) mass is 172 g/mol. The highest BCUT2D eigenvalue weighted by molar-refractivity contribution is 4.79. The van der Waals surface area contributed by atoms with E-state index in [4.69, 9.17) is 10.5 Å². The van der Waals surface area contributed by atoms with Gasteiger partial charge in [-0.2, -0.15) is 0 Å². The van der Waals surface area contributed by atoms with E-state index in [2.05, 4.69) is 11.9 Å². The van der Waals surface area contributed by atoms with Crippen molar-refractivity contribution in [2.24, 2.45) is 11.7 Å². The van der Waals surface area contributed by atoms with Gasteiger partial charge in [0, 0.05) is 13.7 Å². The molecule has 2 unspecified atom stereocenters. The summed E-state index contributed by atoms with van der Waals surface area (Å²) in [6, 6.07) is 0. The first kappa shape index (κ1) is 9.96. The van der Waals surface area contributed by atoms with E-state index in [0.29, 0.717) is 12.0 Å². The predicted octanol–water partition coefficient (Wildman–Crippen LogP) is 0.302. The SMILES string of the molecule is COC(CCN)C1CCN(C)C1. The molecule has 2 atom stereocenters. The van der Waals surface area contributed by atoms with Gasteiger partial charge >= 0.3 is 0 Å². The van der Waals surface area contributed by atoms with E-state index in [0.717, 1.165) is 13.0 Å². The molecule has 0 radical (unpaired) electrons. The molecular formula is C9H20N2O. The van der Waals surface area contributed by atoms with Crippen LogP contribution in [-0.2, 0) is 4.74 Å². The highest BCUT2D eigenvalue weighted by Crippen LogP contribution is 2.21. The minimum atomic E-state index is 0.375. The van der Waals surface area contributed by atoms with Crippen molar-refractivity contribution in [1.29, 1.82) is 0 Å². The van der Waals surface area contributed by atoms with Crippen LogP contribution >= 0.6 is 0 Å². The number of nitrogens with zero attached hydrogens (tertiary/aromatic N) is 1. The van der Waals surface area contributed by atoms with E-state index < -0.39 is 0 Å². The summed E-state index contributed by atoms with van der Waals surface area (Å²) in [7, 11) is 3.95. The summed E-state index contributed by atoms with van der Waals surface area (Å²) < 4.78 is 5.42. The second kappa shape index (κ2) is 4.80. The Kier molecular flexibility index (Phi) is 3.98. The second-order valence-corrected chi connectivity index (χ2v) is 3.66. The van der Waals surface area contributed by atoms with Crippen molar-refractivity contribution in [3.8, 4) is 0 Å². The van der Waals surface area contributed by atoms with Gasteiger partial charge < -0.3 is 15.4 Å². The van der Waals surface area contributed by atoms with Crippen LogP contribution in [0.15, 0.2) is 0 Å². The van der Waals surface area contributed by atoms with E-state index in [1.807, 2.05) is 0 Å². The lowest BCUT2D eigenvalue weighted by Crippen LogP contribution is -2.27. The molecule has 72 valence electrons. The number of nitrogens with two attached hydrogens (primary N) is 1. The summed E-state index contributed by atoms with van der Waals surface area (Å²) in [4.78, 5) is 2.35. The fourth-order valence-corrected chi connectivity index (χ4v) is 1.98. The molecule has 0 bridgehead atoms. The standard InChI is InChI=1S/C9H20N2O/c1-11-6-4-8(7-11)9(12-2)3-5-10/h8-9H,3-7,10H2,1-2H3. The van der Waals surface area contributed by atoms with Gasteiger partial charge in [0.2, 0.25) is 0 Å². The average Bonchev–Trinajstić information content (AvgIpc) is 2.47. The van der Waals surface area contributed by atoms with Gasteiger partial charge in [0.1, 0.15) is 0 Å². The lowest BCUT2D eigenvalue weighted by molar-refractivity contribution is 0.0510. The Morgan fingerprint density at radius 1 is 1.67 bits per heavy atom. The Hall–Kier alpha value is -0.120. The Labute approximate surface area is 74.9 Å². The lowest BCUT2D eigenvalue weighted by atomic mass is 9.99. The van der Waals surface area contributed by atoms with Crippen LogP contribution in [-0.4, -0.2) is 44.8 Å². The maximum Gasteiger partial charge on any atom is 0.0624 e. The van der Waals surface area contributed by atoms with Gasteiger partial charge in [-0.1, -0.05) is 0 Å². The topological polar surface area (TPSA) is 38.5 Å². The molecule has 0 aromatic carbocycles. The van der Waals surface area contributed by atoms with Crippen molar-refractivity contribution in [3.63, 3.8) is 0 Å². The Morgan fingerprint density at radius 2 is 2.42 bits per heavy atom. The Bertz CT molecular complexity index is 128. The predicted molar refractivity (Wildman–Crippen MR) is 50.1 cm³/mol. The van der Waals surface area contributed by atoms with E-state index >= 15 is 0 Å². The zero-order valence-corrected chi connectivity index (χ0v) is 8.12. The van der Waals surface area contributed by atoms with Crippen LogP contribution < -0.4 is 5.73 Å². The zero-order valence-electron chi connectivity index (χ0n) is 8.12. The minimum Gasteiger partial charge on any atom is -0.381 e. The fraction of sp³-hybridized carbons (Fsp3) is 1.00.